The van der Waals surface area contributed by atoms with E-state index in [4.69, 9.17) is 16.7 Å². The lowest BCUT2D eigenvalue weighted by Gasteiger charge is -2.20. The first-order chi connectivity index (χ1) is 9.49. The lowest BCUT2D eigenvalue weighted by molar-refractivity contribution is -0.142. The molecule has 0 aliphatic carbocycles. The van der Waals surface area contributed by atoms with Crippen molar-refractivity contribution in [1.82, 2.24) is 4.90 Å². The van der Waals surface area contributed by atoms with Crippen LogP contribution >= 0.6 is 11.6 Å². The van der Waals surface area contributed by atoms with E-state index >= 15 is 0 Å². The number of carbonyl (C=O) groups is 2. The highest BCUT2D eigenvalue weighted by Gasteiger charge is 2.31. The molecule has 5 nitrogen and oxygen atoms in total. The van der Waals surface area contributed by atoms with Crippen LogP contribution in [-0.4, -0.2) is 41.0 Å². The normalized spacial score (nSPS) is 19.0. The molecule has 6 heteroatoms. The number of carboxylic acids is 1. The summed E-state index contributed by atoms with van der Waals surface area (Å²) in [5.74, 6) is -1.09. The first kappa shape index (κ1) is 14.8. The van der Waals surface area contributed by atoms with Crippen LogP contribution in [0.5, 0.6) is 0 Å². The SMILES string of the molecule is Cc1c(Cl)cccc1NC(=O)CN1CCCC1C(=O)O. The van der Waals surface area contributed by atoms with Gasteiger partial charge in [-0.25, -0.2) is 0 Å². The molecule has 1 fully saturated rings. The van der Waals surface area contributed by atoms with Gasteiger partial charge in [0.2, 0.25) is 5.91 Å². The van der Waals surface area contributed by atoms with Crippen LogP contribution in [0.25, 0.3) is 0 Å². The topological polar surface area (TPSA) is 69.6 Å². The minimum atomic E-state index is -0.866. The molecule has 0 spiro atoms. The molecular weight excluding hydrogens is 280 g/mol. The Bertz CT molecular complexity index is 533. The van der Waals surface area contributed by atoms with Crippen molar-refractivity contribution in [3.8, 4) is 0 Å². The highest BCUT2D eigenvalue weighted by molar-refractivity contribution is 6.31. The molecule has 1 aliphatic heterocycles. The number of nitrogens with one attached hydrogen (secondary N) is 1. The number of aliphatic carboxylic acids is 1. The Labute approximate surface area is 122 Å². The average Bonchev–Trinajstić information content (AvgIpc) is 2.83. The molecule has 0 saturated carbocycles. The molecule has 20 heavy (non-hydrogen) atoms. The fourth-order valence-corrected chi connectivity index (χ4v) is 2.59. The van der Waals surface area contributed by atoms with E-state index in [2.05, 4.69) is 5.32 Å². The number of carboxylic acid groups (broad SMARTS) is 1. The summed E-state index contributed by atoms with van der Waals surface area (Å²) in [4.78, 5) is 24.8. The van der Waals surface area contributed by atoms with E-state index < -0.39 is 12.0 Å². The maximum atomic E-state index is 12.0. The van der Waals surface area contributed by atoms with Crippen molar-refractivity contribution < 1.29 is 14.7 Å². The van der Waals surface area contributed by atoms with Crippen LogP contribution in [0.4, 0.5) is 5.69 Å². The Morgan fingerprint density at radius 3 is 2.95 bits per heavy atom. The molecule has 1 saturated heterocycles. The lowest BCUT2D eigenvalue weighted by atomic mass is 10.2. The minimum absolute atomic E-state index is 0.0862. The standard InChI is InChI=1S/C14H17ClN2O3/c1-9-10(15)4-2-5-11(9)16-13(18)8-17-7-3-6-12(17)14(19)20/h2,4-5,12H,3,6-8H2,1H3,(H,16,18)(H,19,20). The summed E-state index contributed by atoms with van der Waals surface area (Å²) in [7, 11) is 0. The molecule has 0 bridgehead atoms. The van der Waals surface area contributed by atoms with Crippen LogP contribution in [0.15, 0.2) is 18.2 Å². The summed E-state index contributed by atoms with van der Waals surface area (Å²) in [6.07, 6.45) is 1.40. The maximum absolute atomic E-state index is 12.0. The maximum Gasteiger partial charge on any atom is 0.320 e. The number of carbonyl (C=O) groups excluding carboxylic acids is 1. The van der Waals surface area contributed by atoms with Gasteiger partial charge in [-0.3, -0.25) is 14.5 Å². The molecular formula is C14H17ClN2O3. The number of halogens is 1. The van der Waals surface area contributed by atoms with E-state index in [1.807, 2.05) is 6.92 Å². The van der Waals surface area contributed by atoms with Crippen molar-refractivity contribution in [2.45, 2.75) is 25.8 Å². The number of benzene rings is 1. The molecule has 1 amide bonds. The third-order valence-corrected chi connectivity index (χ3v) is 3.95. The molecule has 2 rings (SSSR count). The molecule has 108 valence electrons. The summed E-state index contributed by atoms with van der Waals surface area (Å²) in [6.45, 7) is 2.55. The first-order valence-electron chi connectivity index (χ1n) is 6.51. The van der Waals surface area contributed by atoms with Crippen molar-refractivity contribution in [3.63, 3.8) is 0 Å². The third-order valence-electron chi connectivity index (χ3n) is 3.54. The summed E-state index contributed by atoms with van der Waals surface area (Å²) in [5, 5.41) is 12.4. The molecule has 2 N–H and O–H groups in total. The number of likely N-dealkylation sites (tertiary alicyclic amines) is 1. The van der Waals surface area contributed by atoms with E-state index in [-0.39, 0.29) is 12.5 Å². The Hall–Kier alpha value is -1.59. The van der Waals surface area contributed by atoms with Gasteiger partial charge >= 0.3 is 5.97 Å². The third kappa shape index (κ3) is 3.29. The quantitative estimate of drug-likeness (QED) is 0.893. The summed E-state index contributed by atoms with van der Waals surface area (Å²) in [6, 6.07) is 4.74. The highest BCUT2D eigenvalue weighted by atomic mass is 35.5. The second-order valence-electron chi connectivity index (χ2n) is 4.93. The van der Waals surface area contributed by atoms with Gasteiger partial charge in [-0.05, 0) is 44.0 Å². The molecule has 0 aromatic heterocycles. The van der Waals surface area contributed by atoms with Gasteiger partial charge in [0.25, 0.3) is 0 Å². The Balaban J connectivity index is 1.99. The van der Waals surface area contributed by atoms with Gasteiger partial charge in [-0.2, -0.15) is 0 Å². The van der Waals surface area contributed by atoms with E-state index in [1.54, 1.807) is 23.1 Å². The number of anilines is 1. The average molecular weight is 297 g/mol. The van der Waals surface area contributed by atoms with Gasteiger partial charge < -0.3 is 10.4 Å². The van der Waals surface area contributed by atoms with Crippen LogP contribution in [0.2, 0.25) is 5.02 Å². The van der Waals surface area contributed by atoms with Crippen LogP contribution in [-0.2, 0) is 9.59 Å². The zero-order chi connectivity index (χ0) is 14.7. The van der Waals surface area contributed by atoms with Gasteiger partial charge in [-0.1, -0.05) is 17.7 Å². The van der Waals surface area contributed by atoms with E-state index in [9.17, 15) is 9.59 Å². The molecule has 1 aliphatic rings. The second-order valence-corrected chi connectivity index (χ2v) is 5.33. The Morgan fingerprint density at radius 1 is 1.50 bits per heavy atom. The first-order valence-corrected chi connectivity index (χ1v) is 6.88. The molecule has 1 aromatic rings. The number of hydrogen-bond donors (Lipinski definition) is 2. The van der Waals surface area contributed by atoms with Crippen molar-refractivity contribution in [2.24, 2.45) is 0 Å². The number of hydrogen-bond acceptors (Lipinski definition) is 3. The van der Waals surface area contributed by atoms with Crippen LogP contribution in [0, 0.1) is 6.92 Å². The fourth-order valence-electron chi connectivity index (χ4n) is 2.41. The Morgan fingerprint density at radius 2 is 2.25 bits per heavy atom. The minimum Gasteiger partial charge on any atom is -0.480 e. The Kier molecular flexibility index (Phi) is 4.62. The van der Waals surface area contributed by atoms with Gasteiger partial charge in [0, 0.05) is 10.7 Å². The van der Waals surface area contributed by atoms with Crippen molar-refractivity contribution in [2.75, 3.05) is 18.4 Å². The van der Waals surface area contributed by atoms with E-state index in [0.717, 1.165) is 12.0 Å². The van der Waals surface area contributed by atoms with Crippen LogP contribution in [0.1, 0.15) is 18.4 Å². The fraction of sp³-hybridized carbons (Fsp3) is 0.429. The predicted molar refractivity (Wildman–Crippen MR) is 77.0 cm³/mol. The largest absolute Gasteiger partial charge is 0.480 e. The summed E-state index contributed by atoms with van der Waals surface area (Å²) in [5.41, 5.74) is 1.47. The predicted octanol–water partition coefficient (Wildman–Crippen LogP) is 2.14. The summed E-state index contributed by atoms with van der Waals surface area (Å²) >= 11 is 5.99. The monoisotopic (exact) mass is 296 g/mol. The van der Waals surface area contributed by atoms with Gasteiger partial charge in [0.1, 0.15) is 6.04 Å². The molecule has 1 unspecified atom stereocenters. The van der Waals surface area contributed by atoms with Gasteiger partial charge in [0.05, 0.1) is 6.54 Å². The molecule has 1 aromatic carbocycles. The smallest absolute Gasteiger partial charge is 0.320 e. The molecule has 0 radical (unpaired) electrons. The van der Waals surface area contributed by atoms with Gasteiger partial charge in [0.15, 0.2) is 0 Å². The summed E-state index contributed by atoms with van der Waals surface area (Å²) < 4.78 is 0. The second kappa shape index (κ2) is 6.24. The van der Waals surface area contributed by atoms with Gasteiger partial charge in [-0.15, -0.1) is 0 Å². The number of nitrogens with zero attached hydrogens (tertiary/aromatic N) is 1. The zero-order valence-corrected chi connectivity index (χ0v) is 12.0. The number of rotatable bonds is 4. The van der Waals surface area contributed by atoms with E-state index in [0.29, 0.717) is 23.7 Å². The van der Waals surface area contributed by atoms with Crippen LogP contribution in [0.3, 0.4) is 0 Å². The molecule has 1 heterocycles. The number of amides is 1. The van der Waals surface area contributed by atoms with E-state index in [1.165, 1.54) is 0 Å². The van der Waals surface area contributed by atoms with Crippen molar-refractivity contribution >= 4 is 29.2 Å². The highest BCUT2D eigenvalue weighted by Crippen LogP contribution is 2.23. The molecule has 1 atom stereocenters. The van der Waals surface area contributed by atoms with Crippen LogP contribution < -0.4 is 5.32 Å². The lowest BCUT2D eigenvalue weighted by Crippen LogP contribution is -2.40. The zero-order valence-electron chi connectivity index (χ0n) is 11.2. The van der Waals surface area contributed by atoms with Crippen molar-refractivity contribution in [1.29, 1.82) is 0 Å². The van der Waals surface area contributed by atoms with Crippen molar-refractivity contribution in [3.05, 3.63) is 28.8 Å².